The number of carboxylic acid groups (broad SMARTS) is 2. The fourth-order valence-electron chi connectivity index (χ4n) is 13.0. The summed E-state index contributed by atoms with van der Waals surface area (Å²) in [5.74, 6) is 1.98. The smallest absolute Gasteiger partial charge is 0.336 e. The summed E-state index contributed by atoms with van der Waals surface area (Å²) in [5.41, 5.74) is 16.2. The van der Waals surface area contributed by atoms with Gasteiger partial charge in [0.25, 0.3) is 0 Å². The maximum atomic E-state index is 13.1. The minimum absolute atomic E-state index is 0. The van der Waals surface area contributed by atoms with Crippen LogP contribution in [0.15, 0.2) is 24.3 Å². The van der Waals surface area contributed by atoms with Crippen LogP contribution in [0, 0.1) is 0 Å². The number of unbranched alkanes of at least 4 members (excludes halogenated alkanes) is 10. The molecule has 0 radical (unpaired) electrons. The summed E-state index contributed by atoms with van der Waals surface area (Å²) < 4.78 is 14.2. The van der Waals surface area contributed by atoms with E-state index in [4.69, 9.17) is 9.47 Å². The molecule has 0 unspecified atom stereocenters. The molecule has 0 saturated heterocycles. The molecular formula is C73H110Mo2O6. The molecule has 0 amide bonds. The van der Waals surface area contributed by atoms with Gasteiger partial charge in [0, 0.05) is 77.2 Å². The van der Waals surface area contributed by atoms with Crippen molar-refractivity contribution in [1.29, 1.82) is 0 Å². The number of fused-ring (bicyclic) bond motifs is 4. The van der Waals surface area contributed by atoms with Crippen molar-refractivity contribution < 1.29 is 71.4 Å². The Hall–Kier alpha value is -3.20. The molecular weight excluding hydrogens is 1160 g/mol. The van der Waals surface area contributed by atoms with Gasteiger partial charge in [-0.3, -0.25) is 0 Å². The molecule has 0 spiro atoms. The third-order valence-corrected chi connectivity index (χ3v) is 16.7. The van der Waals surface area contributed by atoms with Crippen LogP contribution in [-0.2, 0) is 114 Å². The molecule has 0 bridgehead atoms. The molecule has 81 heavy (non-hydrogen) atoms. The summed E-state index contributed by atoms with van der Waals surface area (Å²) in [7, 11) is 0. The average Bonchev–Trinajstić information content (AvgIpc) is 3.49. The third-order valence-electron chi connectivity index (χ3n) is 16.7. The molecule has 0 fully saturated rings. The number of rotatable bonds is 22. The van der Waals surface area contributed by atoms with Gasteiger partial charge in [0.2, 0.25) is 0 Å². The number of ether oxygens (including phenoxy) is 2. The first-order valence-electron chi connectivity index (χ1n) is 31.5. The summed E-state index contributed by atoms with van der Waals surface area (Å²) >= 11 is 0. The Labute approximate surface area is 522 Å². The van der Waals surface area contributed by atoms with Crippen LogP contribution in [0.2, 0.25) is 0 Å². The second-order valence-corrected chi connectivity index (χ2v) is 28.8. The fourth-order valence-corrected chi connectivity index (χ4v) is 13.0. The van der Waals surface area contributed by atoms with Gasteiger partial charge in [0.05, 0.1) is 11.1 Å². The second-order valence-electron chi connectivity index (χ2n) is 28.8. The molecule has 8 heteroatoms. The molecule has 450 valence electrons. The van der Waals surface area contributed by atoms with Crippen LogP contribution in [-0.4, -0.2) is 22.2 Å². The van der Waals surface area contributed by atoms with E-state index >= 15 is 0 Å². The van der Waals surface area contributed by atoms with Crippen molar-refractivity contribution in [3.8, 4) is 23.0 Å². The quantitative estimate of drug-likeness (QED) is 0.0520. The predicted octanol–water partition coefficient (Wildman–Crippen LogP) is 21.3. The first-order chi connectivity index (χ1) is 36.9. The Bertz CT molecular complexity index is 2760. The van der Waals surface area contributed by atoms with E-state index in [1.807, 2.05) is 0 Å². The van der Waals surface area contributed by atoms with E-state index in [0.29, 0.717) is 24.0 Å². The van der Waals surface area contributed by atoms with Gasteiger partial charge in [-0.2, -0.15) is 0 Å². The number of aromatic carboxylic acids is 2. The van der Waals surface area contributed by atoms with Crippen LogP contribution in [0.5, 0.6) is 23.0 Å². The van der Waals surface area contributed by atoms with E-state index in [1.165, 1.54) is 103 Å². The van der Waals surface area contributed by atoms with Crippen molar-refractivity contribution in [3.05, 3.63) is 113 Å². The monoisotopic (exact) mass is 1280 g/mol. The standard InChI is InChI=1S/C39H60O3.C34H50O3.2Mo/c1-6-11-16-21-29-26-27-30-28-35-36(39(40)41)33(24-19-14-9-4)32(23-18-13-8-3)34(25-20-15-10-5)38(35)42-37(30)31(29)22-17-12-7-2;1-30(2,3)21-17-16-19-18-20-22(29(35)36)24(32(7,8)9)25(33(10,11)12)26(34(13,14)15)28(20)37-27(19)23(21)31(4,5)6;;/h26-27H,6-25,28H2,1-5H3,(H,40,41);16-17H,18H2,1-15H3,(H,35,36);;. The van der Waals surface area contributed by atoms with Gasteiger partial charge in [0.15, 0.2) is 0 Å². The number of aryl methyl sites for hydroxylation is 1. The minimum Gasteiger partial charge on any atom is -0.478 e. The zero-order chi connectivity index (χ0) is 59.0. The van der Waals surface area contributed by atoms with E-state index in [-0.39, 0.29) is 69.2 Å². The van der Waals surface area contributed by atoms with Crippen LogP contribution in [0.25, 0.3) is 0 Å². The Balaban J connectivity index is 0.000000418. The van der Waals surface area contributed by atoms with Gasteiger partial charge in [-0.25, -0.2) is 9.59 Å². The minimum atomic E-state index is -0.874. The van der Waals surface area contributed by atoms with Gasteiger partial charge in [-0.1, -0.05) is 227 Å². The maximum Gasteiger partial charge on any atom is 0.336 e. The van der Waals surface area contributed by atoms with Crippen molar-refractivity contribution in [1.82, 2.24) is 0 Å². The van der Waals surface area contributed by atoms with Crippen LogP contribution < -0.4 is 9.47 Å². The Kier molecular flexibility index (Phi) is 26.9. The molecule has 0 atom stereocenters. The molecule has 2 N–H and O–H groups in total. The van der Waals surface area contributed by atoms with E-state index in [1.54, 1.807) is 0 Å². The summed E-state index contributed by atoms with van der Waals surface area (Å²) in [4.78, 5) is 26.1. The second kappa shape index (κ2) is 30.2. The van der Waals surface area contributed by atoms with E-state index in [9.17, 15) is 19.8 Å². The Morgan fingerprint density at radius 3 is 1.20 bits per heavy atom. The molecule has 0 aromatic heterocycles. The van der Waals surface area contributed by atoms with Gasteiger partial charge < -0.3 is 19.7 Å². The third kappa shape index (κ3) is 17.3. The zero-order valence-electron chi connectivity index (χ0n) is 54.7. The van der Waals surface area contributed by atoms with Crippen LogP contribution >= 0.6 is 0 Å². The van der Waals surface area contributed by atoms with Crippen LogP contribution in [0.3, 0.4) is 0 Å². The van der Waals surface area contributed by atoms with Gasteiger partial charge in [0.1, 0.15) is 23.0 Å². The zero-order valence-corrected chi connectivity index (χ0v) is 58.7. The summed E-state index contributed by atoms with van der Waals surface area (Å²) in [6.45, 7) is 44.4. The summed E-state index contributed by atoms with van der Waals surface area (Å²) in [6.07, 6.45) is 23.7. The molecule has 0 aliphatic carbocycles. The van der Waals surface area contributed by atoms with Crippen molar-refractivity contribution in [2.45, 2.75) is 307 Å². The first kappa shape index (κ1) is 72.1. The normalized spacial score (nSPS) is 13.0. The number of hydrogen-bond donors (Lipinski definition) is 2. The van der Waals surface area contributed by atoms with E-state index in [2.05, 4.69) is 163 Å². The van der Waals surface area contributed by atoms with Crippen LogP contribution in [0.1, 0.15) is 333 Å². The van der Waals surface area contributed by atoms with Crippen molar-refractivity contribution >= 4 is 11.9 Å². The largest absolute Gasteiger partial charge is 0.478 e. The van der Waals surface area contributed by atoms with Crippen molar-refractivity contribution in [2.75, 3.05) is 0 Å². The molecule has 4 aromatic rings. The summed E-state index contributed by atoms with van der Waals surface area (Å²) in [6, 6.07) is 8.96. The van der Waals surface area contributed by atoms with Crippen LogP contribution in [0.4, 0.5) is 0 Å². The maximum absolute atomic E-state index is 13.1. The average molecular weight is 1280 g/mol. The van der Waals surface area contributed by atoms with Crippen molar-refractivity contribution in [2.24, 2.45) is 0 Å². The number of hydrogen-bond acceptors (Lipinski definition) is 4. The van der Waals surface area contributed by atoms with E-state index in [0.717, 1.165) is 126 Å². The molecule has 2 aliphatic heterocycles. The van der Waals surface area contributed by atoms with Gasteiger partial charge >= 0.3 is 11.9 Å². The molecule has 2 aliphatic rings. The van der Waals surface area contributed by atoms with Gasteiger partial charge in [-0.15, -0.1) is 0 Å². The Morgan fingerprint density at radius 2 is 0.765 bits per heavy atom. The molecule has 4 aromatic carbocycles. The number of carboxylic acids is 2. The fraction of sp³-hybridized carbons (Fsp3) is 0.644. The topological polar surface area (TPSA) is 93.1 Å². The SMILES string of the molecule is CC(C)(C)c1ccc2c(c1C(C)(C)C)Oc1c(c(C(=O)O)c(C(C)(C)C)c(C(C)(C)C)c1C(C)(C)C)C2.CCCCCc1ccc2c(c1CCCCC)Oc1c(CCCCC)c(CCCCC)c(CCCCC)c(C(=O)O)c1C2.[Mo].[Mo]. The molecule has 6 nitrogen and oxygen atoms in total. The van der Waals surface area contributed by atoms with Gasteiger partial charge in [-0.05, 0) is 147 Å². The number of benzene rings is 4. The summed E-state index contributed by atoms with van der Waals surface area (Å²) in [5, 5.41) is 21.4. The Morgan fingerprint density at radius 1 is 0.383 bits per heavy atom. The molecule has 6 rings (SSSR count). The first-order valence-corrected chi connectivity index (χ1v) is 31.5. The molecule has 2 heterocycles. The van der Waals surface area contributed by atoms with Crippen molar-refractivity contribution in [3.63, 3.8) is 0 Å². The molecule has 0 saturated carbocycles. The van der Waals surface area contributed by atoms with E-state index < -0.39 is 11.9 Å². The number of carbonyl (C=O) groups is 2. The predicted molar refractivity (Wildman–Crippen MR) is 335 cm³/mol.